The van der Waals surface area contributed by atoms with Crippen LogP contribution in [0.25, 0.3) is 11.7 Å². The lowest BCUT2D eigenvalue weighted by Gasteiger charge is -2.30. The predicted molar refractivity (Wildman–Crippen MR) is 97.2 cm³/mol. The summed E-state index contributed by atoms with van der Waals surface area (Å²) in [6.45, 7) is 3.35. The van der Waals surface area contributed by atoms with Gasteiger partial charge in [0.15, 0.2) is 12.4 Å². The lowest BCUT2D eigenvalue weighted by Crippen LogP contribution is -2.40. The molecule has 1 amide bonds. The molecule has 1 aliphatic heterocycles. The minimum atomic E-state index is -0.00300. The van der Waals surface area contributed by atoms with Gasteiger partial charge in [-0.2, -0.15) is 0 Å². The second-order valence-electron chi connectivity index (χ2n) is 6.68. The van der Waals surface area contributed by atoms with Crippen molar-refractivity contribution in [2.45, 2.75) is 25.7 Å². The fraction of sp³-hybridized carbons (Fsp3) is 0.350. The molecule has 7 nitrogen and oxygen atoms in total. The van der Waals surface area contributed by atoms with Gasteiger partial charge in [0, 0.05) is 19.0 Å². The molecule has 1 aliphatic rings. The van der Waals surface area contributed by atoms with Gasteiger partial charge in [-0.1, -0.05) is 12.1 Å². The molecule has 0 saturated carbocycles. The zero-order valence-electron chi connectivity index (χ0n) is 15.1. The molecule has 4 rings (SSSR count). The van der Waals surface area contributed by atoms with Crippen LogP contribution in [0.5, 0.6) is 5.75 Å². The van der Waals surface area contributed by atoms with E-state index in [9.17, 15) is 4.79 Å². The fourth-order valence-corrected chi connectivity index (χ4v) is 3.22. The first-order valence-electron chi connectivity index (χ1n) is 9.03. The Morgan fingerprint density at radius 1 is 1.22 bits per heavy atom. The molecule has 0 bridgehead atoms. The number of hydrogen-bond donors (Lipinski definition) is 0. The van der Waals surface area contributed by atoms with E-state index in [0.717, 1.165) is 24.2 Å². The maximum Gasteiger partial charge on any atom is 0.283 e. The summed E-state index contributed by atoms with van der Waals surface area (Å²) in [5, 5.41) is 8.19. The van der Waals surface area contributed by atoms with E-state index in [4.69, 9.17) is 13.6 Å². The number of ether oxygens (including phenoxy) is 1. The van der Waals surface area contributed by atoms with Gasteiger partial charge in [0.25, 0.3) is 11.8 Å². The molecule has 1 saturated heterocycles. The summed E-state index contributed by atoms with van der Waals surface area (Å²) in [5.41, 5.74) is 1.11. The standard InChI is InChI=1S/C20H21N3O4/c1-14-4-2-5-16(12-14)26-13-18(24)23-9-7-15(8-10-23)19-21-22-20(27-19)17-6-3-11-25-17/h2-6,11-12,15H,7-10,13H2,1H3. The third-order valence-corrected chi connectivity index (χ3v) is 4.72. The van der Waals surface area contributed by atoms with Gasteiger partial charge in [-0.25, -0.2) is 0 Å². The maximum atomic E-state index is 12.4. The Labute approximate surface area is 156 Å². The Morgan fingerprint density at radius 3 is 2.81 bits per heavy atom. The highest BCUT2D eigenvalue weighted by molar-refractivity contribution is 5.77. The van der Waals surface area contributed by atoms with Gasteiger partial charge in [-0.05, 0) is 49.6 Å². The van der Waals surface area contributed by atoms with Crippen LogP contribution in [0, 0.1) is 6.92 Å². The summed E-state index contributed by atoms with van der Waals surface area (Å²) in [5.74, 6) is 2.42. The van der Waals surface area contributed by atoms with E-state index in [1.807, 2.05) is 36.1 Å². The van der Waals surface area contributed by atoms with Crippen molar-refractivity contribution in [3.05, 3.63) is 54.1 Å². The van der Waals surface area contributed by atoms with E-state index < -0.39 is 0 Å². The van der Waals surface area contributed by atoms with Gasteiger partial charge in [-0.15, -0.1) is 10.2 Å². The smallest absolute Gasteiger partial charge is 0.283 e. The van der Waals surface area contributed by atoms with Gasteiger partial charge in [-0.3, -0.25) is 4.79 Å². The Bertz CT molecular complexity index is 896. The molecule has 3 aromatic rings. The Hall–Kier alpha value is -3.09. The van der Waals surface area contributed by atoms with E-state index in [1.165, 1.54) is 0 Å². The summed E-state index contributed by atoms with van der Waals surface area (Å²) in [6, 6.07) is 11.3. The first-order chi connectivity index (χ1) is 13.2. The summed E-state index contributed by atoms with van der Waals surface area (Å²) < 4.78 is 16.6. The van der Waals surface area contributed by atoms with Crippen molar-refractivity contribution in [3.63, 3.8) is 0 Å². The van der Waals surface area contributed by atoms with Crippen LogP contribution >= 0.6 is 0 Å². The summed E-state index contributed by atoms with van der Waals surface area (Å²) in [6.07, 6.45) is 3.15. The monoisotopic (exact) mass is 367 g/mol. The molecule has 0 radical (unpaired) electrons. The van der Waals surface area contributed by atoms with Gasteiger partial charge < -0.3 is 18.5 Å². The number of amides is 1. The van der Waals surface area contributed by atoms with Crippen molar-refractivity contribution in [2.24, 2.45) is 0 Å². The fourth-order valence-electron chi connectivity index (χ4n) is 3.22. The Kier molecular flexibility index (Phi) is 4.91. The molecule has 3 heterocycles. The van der Waals surface area contributed by atoms with E-state index in [-0.39, 0.29) is 18.4 Å². The number of furan rings is 1. The van der Waals surface area contributed by atoms with Crippen LogP contribution in [0.2, 0.25) is 0 Å². The van der Waals surface area contributed by atoms with Crippen LogP contribution in [0.4, 0.5) is 0 Å². The predicted octanol–water partition coefficient (Wildman–Crippen LogP) is 3.42. The molecular formula is C20H21N3O4. The summed E-state index contributed by atoms with van der Waals surface area (Å²) >= 11 is 0. The Morgan fingerprint density at radius 2 is 2.07 bits per heavy atom. The van der Waals surface area contributed by atoms with Gasteiger partial charge in [0.05, 0.1) is 6.26 Å². The SMILES string of the molecule is Cc1cccc(OCC(=O)N2CCC(c3nnc(-c4ccco4)o3)CC2)c1. The van der Waals surface area contributed by atoms with E-state index in [0.29, 0.717) is 30.6 Å². The number of piperidine rings is 1. The second kappa shape index (κ2) is 7.65. The third-order valence-electron chi connectivity index (χ3n) is 4.72. The number of benzene rings is 1. The molecule has 27 heavy (non-hydrogen) atoms. The second-order valence-corrected chi connectivity index (χ2v) is 6.68. The third kappa shape index (κ3) is 4.02. The minimum absolute atomic E-state index is 0.00300. The van der Waals surface area contributed by atoms with Crippen LogP contribution < -0.4 is 4.74 Å². The first kappa shape index (κ1) is 17.3. The molecule has 7 heteroatoms. The lowest BCUT2D eigenvalue weighted by atomic mass is 9.97. The van der Waals surface area contributed by atoms with Crippen LogP contribution in [-0.4, -0.2) is 40.7 Å². The van der Waals surface area contributed by atoms with E-state index in [1.54, 1.807) is 18.4 Å². The van der Waals surface area contributed by atoms with Crippen LogP contribution in [0.3, 0.4) is 0 Å². The Balaban J connectivity index is 1.29. The van der Waals surface area contributed by atoms with Crippen molar-refractivity contribution < 1.29 is 18.4 Å². The highest BCUT2D eigenvalue weighted by Gasteiger charge is 2.28. The molecule has 0 atom stereocenters. The average Bonchev–Trinajstić information content (AvgIpc) is 3.38. The first-order valence-corrected chi connectivity index (χ1v) is 9.03. The maximum absolute atomic E-state index is 12.4. The van der Waals surface area contributed by atoms with Crippen LogP contribution in [0.1, 0.15) is 30.2 Å². The minimum Gasteiger partial charge on any atom is -0.484 e. The number of aromatic nitrogens is 2. The molecular weight excluding hydrogens is 346 g/mol. The van der Waals surface area contributed by atoms with Crippen LogP contribution in [0.15, 0.2) is 51.5 Å². The molecule has 0 unspecified atom stereocenters. The van der Waals surface area contributed by atoms with Gasteiger partial charge in [0.1, 0.15) is 5.75 Å². The molecule has 0 aliphatic carbocycles. The quantitative estimate of drug-likeness (QED) is 0.687. The average molecular weight is 367 g/mol. The zero-order valence-corrected chi connectivity index (χ0v) is 15.1. The molecule has 140 valence electrons. The van der Waals surface area contributed by atoms with Crippen molar-refractivity contribution in [1.82, 2.24) is 15.1 Å². The van der Waals surface area contributed by atoms with Crippen molar-refractivity contribution in [3.8, 4) is 17.4 Å². The van der Waals surface area contributed by atoms with Crippen molar-refractivity contribution in [2.75, 3.05) is 19.7 Å². The number of hydrogen-bond acceptors (Lipinski definition) is 6. The normalized spacial score (nSPS) is 15.1. The van der Waals surface area contributed by atoms with E-state index in [2.05, 4.69) is 10.2 Å². The molecule has 0 spiro atoms. The number of aryl methyl sites for hydroxylation is 1. The topological polar surface area (TPSA) is 81.6 Å². The van der Waals surface area contributed by atoms with Crippen molar-refractivity contribution >= 4 is 5.91 Å². The van der Waals surface area contributed by atoms with Gasteiger partial charge >= 0.3 is 0 Å². The molecule has 2 aromatic heterocycles. The largest absolute Gasteiger partial charge is 0.484 e. The molecule has 1 fully saturated rings. The number of likely N-dealkylation sites (tertiary alicyclic amines) is 1. The van der Waals surface area contributed by atoms with E-state index >= 15 is 0 Å². The number of rotatable bonds is 5. The summed E-state index contributed by atoms with van der Waals surface area (Å²) in [4.78, 5) is 14.2. The molecule has 0 N–H and O–H groups in total. The zero-order chi connectivity index (χ0) is 18.6. The highest BCUT2D eigenvalue weighted by Crippen LogP contribution is 2.29. The molecule has 1 aromatic carbocycles. The van der Waals surface area contributed by atoms with Crippen LogP contribution in [-0.2, 0) is 4.79 Å². The number of carbonyl (C=O) groups is 1. The highest BCUT2D eigenvalue weighted by atomic mass is 16.5. The lowest BCUT2D eigenvalue weighted by molar-refractivity contribution is -0.134. The van der Waals surface area contributed by atoms with Gasteiger partial charge in [0.2, 0.25) is 5.89 Å². The number of carbonyl (C=O) groups excluding carboxylic acids is 1. The number of nitrogens with zero attached hydrogens (tertiary/aromatic N) is 3. The summed E-state index contributed by atoms with van der Waals surface area (Å²) in [7, 11) is 0. The van der Waals surface area contributed by atoms with Crippen molar-refractivity contribution in [1.29, 1.82) is 0 Å².